The van der Waals surface area contributed by atoms with E-state index >= 15 is 0 Å². The third-order valence-corrected chi connectivity index (χ3v) is 2.86. The van der Waals surface area contributed by atoms with Crippen molar-refractivity contribution in [3.8, 4) is 11.3 Å². The Morgan fingerprint density at radius 1 is 0.944 bits per heavy atom. The van der Waals surface area contributed by atoms with E-state index in [1.54, 1.807) is 6.20 Å². The van der Waals surface area contributed by atoms with Gasteiger partial charge in [0, 0.05) is 18.0 Å². The molecule has 1 unspecified atom stereocenters. The lowest BCUT2D eigenvalue weighted by Gasteiger charge is -2.18. The minimum Gasteiger partial charge on any atom is -0.379 e. The minimum atomic E-state index is 0.105. The van der Waals surface area contributed by atoms with Crippen molar-refractivity contribution in [1.29, 1.82) is 0 Å². The molecule has 2 aromatic rings. The average molecular weight is 235 g/mol. The minimum absolute atomic E-state index is 0.105. The van der Waals surface area contributed by atoms with E-state index in [2.05, 4.69) is 27.4 Å². The molecule has 1 aliphatic heterocycles. The molecule has 0 saturated heterocycles. The van der Waals surface area contributed by atoms with Gasteiger partial charge in [-0.25, -0.2) is 0 Å². The van der Waals surface area contributed by atoms with Gasteiger partial charge in [-0.15, -0.1) is 0 Å². The topological polar surface area (TPSA) is 37.8 Å². The Kier molecular flexibility index (Phi) is 2.88. The van der Waals surface area contributed by atoms with Crippen molar-refractivity contribution in [2.75, 3.05) is 0 Å². The van der Waals surface area contributed by atoms with Crippen LogP contribution in [0.15, 0.2) is 67.2 Å². The van der Waals surface area contributed by atoms with E-state index in [-0.39, 0.29) is 6.04 Å². The second-order valence-electron chi connectivity index (χ2n) is 4.04. The molecule has 3 heteroatoms. The Labute approximate surface area is 106 Å². The lowest BCUT2D eigenvalue weighted by molar-refractivity contribution is 0.722. The Balaban J connectivity index is 2.05. The molecule has 2 aromatic heterocycles. The summed E-state index contributed by atoms with van der Waals surface area (Å²) in [6.07, 6.45) is 11.6. The summed E-state index contributed by atoms with van der Waals surface area (Å²) in [5, 5.41) is 3.29. The van der Waals surface area contributed by atoms with Crippen LogP contribution in [-0.2, 0) is 0 Å². The van der Waals surface area contributed by atoms with Crippen LogP contribution in [0, 0.1) is 0 Å². The molecule has 0 aliphatic carbocycles. The van der Waals surface area contributed by atoms with E-state index in [1.807, 2.05) is 48.8 Å². The summed E-state index contributed by atoms with van der Waals surface area (Å²) in [7, 11) is 0. The third-order valence-electron chi connectivity index (χ3n) is 2.86. The largest absolute Gasteiger partial charge is 0.379 e. The van der Waals surface area contributed by atoms with Crippen LogP contribution in [0.5, 0.6) is 0 Å². The fraction of sp³-hybridized carbons (Fsp3) is 0.0667. The van der Waals surface area contributed by atoms with Crippen molar-refractivity contribution in [2.45, 2.75) is 6.04 Å². The maximum atomic E-state index is 4.49. The molecule has 18 heavy (non-hydrogen) atoms. The van der Waals surface area contributed by atoms with Crippen molar-refractivity contribution in [3.63, 3.8) is 0 Å². The molecular formula is C15H13N3. The Morgan fingerprint density at radius 3 is 2.67 bits per heavy atom. The van der Waals surface area contributed by atoms with Crippen molar-refractivity contribution in [2.24, 2.45) is 0 Å². The highest BCUT2D eigenvalue weighted by molar-refractivity contribution is 5.62. The zero-order valence-electron chi connectivity index (χ0n) is 9.82. The van der Waals surface area contributed by atoms with Crippen molar-refractivity contribution in [1.82, 2.24) is 15.3 Å². The van der Waals surface area contributed by atoms with Gasteiger partial charge in [0.15, 0.2) is 0 Å². The number of nitrogens with zero attached hydrogens (tertiary/aromatic N) is 2. The number of dihydropyridines is 1. The van der Waals surface area contributed by atoms with E-state index in [0.29, 0.717) is 0 Å². The average Bonchev–Trinajstić information content (AvgIpc) is 2.49. The molecule has 1 N–H and O–H groups in total. The lowest BCUT2D eigenvalue weighted by atomic mass is 10.0. The number of aromatic nitrogens is 2. The molecule has 0 aromatic carbocycles. The highest BCUT2D eigenvalue weighted by Crippen LogP contribution is 2.26. The molecule has 3 heterocycles. The summed E-state index contributed by atoms with van der Waals surface area (Å²) in [6, 6.07) is 10.0. The molecule has 0 spiro atoms. The summed E-state index contributed by atoms with van der Waals surface area (Å²) in [6.45, 7) is 0. The molecule has 3 rings (SSSR count). The second-order valence-corrected chi connectivity index (χ2v) is 4.04. The molecule has 0 bridgehead atoms. The number of hydrogen-bond acceptors (Lipinski definition) is 3. The van der Waals surface area contributed by atoms with Gasteiger partial charge in [0.25, 0.3) is 0 Å². The van der Waals surface area contributed by atoms with E-state index in [0.717, 1.165) is 17.0 Å². The van der Waals surface area contributed by atoms with Crippen LogP contribution in [-0.4, -0.2) is 9.97 Å². The maximum absolute atomic E-state index is 4.49. The molecule has 0 amide bonds. The van der Waals surface area contributed by atoms with E-state index in [4.69, 9.17) is 0 Å². The number of pyridine rings is 2. The van der Waals surface area contributed by atoms with Crippen LogP contribution in [0.4, 0.5) is 0 Å². The van der Waals surface area contributed by atoms with E-state index < -0.39 is 0 Å². The number of hydrogen-bond donors (Lipinski definition) is 1. The number of rotatable bonds is 2. The van der Waals surface area contributed by atoms with Gasteiger partial charge in [0.05, 0.1) is 17.4 Å². The van der Waals surface area contributed by atoms with Gasteiger partial charge < -0.3 is 5.32 Å². The van der Waals surface area contributed by atoms with Crippen LogP contribution in [0.1, 0.15) is 11.7 Å². The summed E-state index contributed by atoms with van der Waals surface area (Å²) in [4.78, 5) is 8.89. The first-order valence-electron chi connectivity index (χ1n) is 5.91. The number of nitrogens with one attached hydrogen (secondary N) is 1. The van der Waals surface area contributed by atoms with Crippen LogP contribution in [0.25, 0.3) is 11.3 Å². The van der Waals surface area contributed by atoms with Gasteiger partial charge in [-0.3, -0.25) is 9.97 Å². The smallest absolute Gasteiger partial charge is 0.0875 e. The van der Waals surface area contributed by atoms with Gasteiger partial charge in [0.1, 0.15) is 0 Å². The quantitative estimate of drug-likeness (QED) is 0.869. The molecule has 0 fully saturated rings. The van der Waals surface area contributed by atoms with Crippen molar-refractivity contribution < 1.29 is 0 Å². The SMILES string of the molecule is C1=CNC(c2ncccc2-c2ccccn2)C=C1. The van der Waals surface area contributed by atoms with Crippen LogP contribution in [0.2, 0.25) is 0 Å². The normalized spacial score (nSPS) is 17.4. The molecule has 1 atom stereocenters. The lowest BCUT2D eigenvalue weighted by Crippen LogP contribution is -2.17. The Morgan fingerprint density at radius 2 is 1.89 bits per heavy atom. The first-order chi connectivity index (χ1) is 8.95. The zero-order valence-corrected chi connectivity index (χ0v) is 9.82. The molecular weight excluding hydrogens is 222 g/mol. The van der Waals surface area contributed by atoms with E-state index in [1.165, 1.54) is 0 Å². The zero-order chi connectivity index (χ0) is 12.2. The Bertz CT molecular complexity index is 588. The molecule has 0 radical (unpaired) electrons. The molecule has 3 nitrogen and oxygen atoms in total. The van der Waals surface area contributed by atoms with Crippen LogP contribution in [0.3, 0.4) is 0 Å². The third kappa shape index (κ3) is 2.02. The summed E-state index contributed by atoms with van der Waals surface area (Å²) in [5.41, 5.74) is 3.01. The fourth-order valence-corrected chi connectivity index (χ4v) is 2.02. The second kappa shape index (κ2) is 4.84. The monoisotopic (exact) mass is 235 g/mol. The van der Waals surface area contributed by atoms with Crippen LogP contribution < -0.4 is 5.32 Å². The first-order valence-corrected chi connectivity index (χ1v) is 5.91. The summed E-state index contributed by atoms with van der Waals surface area (Å²) < 4.78 is 0. The predicted molar refractivity (Wildman–Crippen MR) is 71.6 cm³/mol. The van der Waals surface area contributed by atoms with Gasteiger partial charge in [0.2, 0.25) is 0 Å². The molecule has 0 saturated carbocycles. The van der Waals surface area contributed by atoms with Crippen LogP contribution >= 0.6 is 0 Å². The summed E-state index contributed by atoms with van der Waals surface area (Å²) in [5.74, 6) is 0. The Hall–Kier alpha value is -2.42. The predicted octanol–water partition coefficient (Wildman–Crippen LogP) is 2.86. The fourth-order valence-electron chi connectivity index (χ4n) is 2.02. The maximum Gasteiger partial charge on any atom is 0.0875 e. The molecule has 1 aliphatic rings. The standard InChI is InChI=1S/C15H13N3/c1-3-9-16-13(7-1)12-6-5-11-18-15(12)14-8-2-4-10-17-14/h1-11,14,17H. The first kappa shape index (κ1) is 10.7. The summed E-state index contributed by atoms with van der Waals surface area (Å²) >= 11 is 0. The van der Waals surface area contributed by atoms with Gasteiger partial charge in [-0.1, -0.05) is 18.2 Å². The number of allylic oxidation sites excluding steroid dienone is 2. The van der Waals surface area contributed by atoms with E-state index in [9.17, 15) is 0 Å². The van der Waals surface area contributed by atoms with Gasteiger partial charge >= 0.3 is 0 Å². The van der Waals surface area contributed by atoms with Gasteiger partial charge in [-0.2, -0.15) is 0 Å². The highest BCUT2D eigenvalue weighted by Gasteiger charge is 2.15. The van der Waals surface area contributed by atoms with Crippen molar-refractivity contribution in [3.05, 3.63) is 72.8 Å². The van der Waals surface area contributed by atoms with Crippen molar-refractivity contribution >= 4 is 0 Å². The molecule has 88 valence electrons. The highest BCUT2D eigenvalue weighted by atomic mass is 14.9. The van der Waals surface area contributed by atoms with Gasteiger partial charge in [-0.05, 0) is 36.5 Å².